The average Bonchev–Trinajstić information content (AvgIpc) is 3.23. The molecule has 1 N–H and O–H groups in total. The van der Waals surface area contributed by atoms with E-state index < -0.39 is 11.7 Å². The van der Waals surface area contributed by atoms with Crippen LogP contribution >= 0.6 is 0 Å². The maximum Gasteiger partial charge on any atom is 0.258 e. The van der Waals surface area contributed by atoms with Gasteiger partial charge in [-0.25, -0.2) is 14.4 Å². The lowest BCUT2D eigenvalue weighted by Crippen LogP contribution is -2.15. The van der Waals surface area contributed by atoms with E-state index in [4.69, 9.17) is 0 Å². The van der Waals surface area contributed by atoms with Crippen molar-refractivity contribution in [3.05, 3.63) is 102 Å². The number of rotatable bonds is 5. The molecule has 0 unspecified atom stereocenters. The summed E-state index contributed by atoms with van der Waals surface area (Å²) in [5.74, 6) is -0.593. The summed E-state index contributed by atoms with van der Waals surface area (Å²) in [6.45, 7) is 3.51. The van der Waals surface area contributed by atoms with Crippen molar-refractivity contribution in [2.75, 3.05) is 5.32 Å². The topological polar surface area (TPSA) is 72.7 Å². The van der Waals surface area contributed by atoms with Crippen LogP contribution < -0.4 is 5.32 Å². The molecule has 7 heteroatoms. The highest BCUT2D eigenvalue weighted by molar-refractivity contribution is 6.04. The fourth-order valence-electron chi connectivity index (χ4n) is 3.50. The first-order valence-corrected chi connectivity index (χ1v) is 10.1. The van der Waals surface area contributed by atoms with Crippen molar-refractivity contribution in [2.45, 2.75) is 13.8 Å². The number of benzene rings is 1. The molecule has 3 heterocycles. The van der Waals surface area contributed by atoms with Crippen LogP contribution in [0.15, 0.2) is 73.6 Å². The second-order valence-corrected chi connectivity index (χ2v) is 7.35. The molecule has 1 amide bonds. The molecule has 0 radical (unpaired) electrons. The number of imidazole rings is 1. The van der Waals surface area contributed by atoms with Gasteiger partial charge in [-0.3, -0.25) is 9.78 Å². The van der Waals surface area contributed by atoms with Crippen LogP contribution in [0.2, 0.25) is 0 Å². The predicted octanol–water partition coefficient (Wildman–Crippen LogP) is 5.03. The number of nitrogens with one attached hydrogen (secondary N) is 1. The molecule has 0 aliphatic rings. The lowest BCUT2D eigenvalue weighted by molar-refractivity contribution is 0.102. The van der Waals surface area contributed by atoms with Crippen LogP contribution in [-0.2, 0) is 7.05 Å². The summed E-state index contributed by atoms with van der Waals surface area (Å²) in [5.41, 5.74) is 5.56. The standard InChI is InChI=1S/C25H22FN5O/c1-4-20(17-5-7-18(8-6-17)23-14-28-15-31(23)3)19-9-10-24(29-11-19)30-25(32)21-12-27-13-22(26)16(21)2/h4-15H,1-3H3,(H,29,30,32)/b20-4-. The van der Waals surface area contributed by atoms with E-state index in [1.807, 2.05) is 36.9 Å². The molecule has 4 aromatic rings. The van der Waals surface area contributed by atoms with E-state index in [9.17, 15) is 9.18 Å². The highest BCUT2D eigenvalue weighted by Crippen LogP contribution is 2.26. The maximum absolute atomic E-state index is 13.7. The second-order valence-electron chi connectivity index (χ2n) is 7.35. The number of aromatic nitrogens is 4. The first-order valence-electron chi connectivity index (χ1n) is 10.1. The SMILES string of the molecule is C/C=C(/c1ccc(-c2cncn2C)cc1)c1ccc(NC(=O)c2cncc(F)c2C)nc1. The van der Waals surface area contributed by atoms with Gasteiger partial charge in [0, 0.05) is 30.6 Å². The van der Waals surface area contributed by atoms with E-state index in [2.05, 4.69) is 44.5 Å². The van der Waals surface area contributed by atoms with Crippen molar-refractivity contribution in [3.63, 3.8) is 0 Å². The zero-order chi connectivity index (χ0) is 22.7. The van der Waals surface area contributed by atoms with E-state index in [1.165, 1.54) is 6.20 Å². The summed E-state index contributed by atoms with van der Waals surface area (Å²) in [5, 5.41) is 2.69. The number of amides is 1. The van der Waals surface area contributed by atoms with Gasteiger partial charge < -0.3 is 9.88 Å². The minimum Gasteiger partial charge on any atom is -0.334 e. The van der Waals surface area contributed by atoms with Crippen molar-refractivity contribution in [2.24, 2.45) is 7.05 Å². The zero-order valence-electron chi connectivity index (χ0n) is 18.0. The quantitative estimate of drug-likeness (QED) is 0.485. The van der Waals surface area contributed by atoms with E-state index in [0.717, 1.165) is 34.2 Å². The molecule has 0 bridgehead atoms. The third-order valence-electron chi connectivity index (χ3n) is 5.31. The summed E-state index contributed by atoms with van der Waals surface area (Å²) in [6.07, 6.45) is 9.77. The van der Waals surface area contributed by atoms with Crippen molar-refractivity contribution in [1.82, 2.24) is 19.5 Å². The van der Waals surface area contributed by atoms with Gasteiger partial charge in [0.25, 0.3) is 5.91 Å². The Labute approximate surface area is 185 Å². The summed E-state index contributed by atoms with van der Waals surface area (Å²) in [4.78, 5) is 24.7. The fraction of sp³-hybridized carbons (Fsp3) is 0.120. The molecular weight excluding hydrogens is 405 g/mol. The van der Waals surface area contributed by atoms with E-state index in [1.54, 1.807) is 25.5 Å². The molecule has 0 spiro atoms. The number of carbonyl (C=O) groups excluding carboxylic acids is 1. The smallest absolute Gasteiger partial charge is 0.258 e. The predicted molar refractivity (Wildman–Crippen MR) is 123 cm³/mol. The van der Waals surface area contributed by atoms with Gasteiger partial charge in [0.2, 0.25) is 0 Å². The third-order valence-corrected chi connectivity index (χ3v) is 5.31. The number of halogens is 1. The molecule has 160 valence electrons. The number of nitrogens with zero attached hydrogens (tertiary/aromatic N) is 4. The van der Waals surface area contributed by atoms with Gasteiger partial charge in [-0.05, 0) is 42.7 Å². The number of hydrogen-bond acceptors (Lipinski definition) is 4. The monoisotopic (exact) mass is 427 g/mol. The molecule has 3 aromatic heterocycles. The largest absolute Gasteiger partial charge is 0.334 e. The molecule has 32 heavy (non-hydrogen) atoms. The second kappa shape index (κ2) is 8.93. The zero-order valence-corrected chi connectivity index (χ0v) is 18.0. The molecule has 1 aromatic carbocycles. The Balaban J connectivity index is 1.52. The Morgan fingerprint density at radius 1 is 1.00 bits per heavy atom. The van der Waals surface area contributed by atoms with Gasteiger partial charge in [-0.15, -0.1) is 0 Å². The number of pyridine rings is 2. The number of aryl methyl sites for hydroxylation is 1. The summed E-state index contributed by atoms with van der Waals surface area (Å²) < 4.78 is 15.7. The van der Waals surface area contributed by atoms with E-state index in [0.29, 0.717) is 5.82 Å². The normalized spacial score (nSPS) is 11.4. The minimum absolute atomic E-state index is 0.179. The van der Waals surface area contributed by atoms with Crippen LogP contribution in [0.1, 0.15) is 34.0 Å². The molecule has 0 aliphatic heterocycles. The van der Waals surface area contributed by atoms with Gasteiger partial charge in [-0.1, -0.05) is 30.3 Å². The molecule has 0 saturated carbocycles. The minimum atomic E-state index is -0.520. The highest BCUT2D eigenvalue weighted by Gasteiger charge is 2.14. The third kappa shape index (κ3) is 4.18. The van der Waals surface area contributed by atoms with Crippen molar-refractivity contribution in [1.29, 1.82) is 0 Å². The Morgan fingerprint density at radius 2 is 1.75 bits per heavy atom. The maximum atomic E-state index is 13.7. The van der Waals surface area contributed by atoms with Crippen LogP contribution in [0.3, 0.4) is 0 Å². The number of anilines is 1. The van der Waals surface area contributed by atoms with Crippen molar-refractivity contribution in [3.8, 4) is 11.3 Å². The summed E-state index contributed by atoms with van der Waals surface area (Å²) in [7, 11) is 1.96. The average molecular weight is 427 g/mol. The number of hydrogen-bond donors (Lipinski definition) is 1. The first kappa shape index (κ1) is 21.1. The molecule has 0 fully saturated rings. The van der Waals surface area contributed by atoms with Gasteiger partial charge in [0.1, 0.15) is 11.6 Å². The van der Waals surface area contributed by atoms with E-state index >= 15 is 0 Å². The Morgan fingerprint density at radius 3 is 2.38 bits per heavy atom. The van der Waals surface area contributed by atoms with Crippen LogP contribution in [0.4, 0.5) is 10.2 Å². The van der Waals surface area contributed by atoms with Crippen LogP contribution in [0, 0.1) is 12.7 Å². The lowest BCUT2D eigenvalue weighted by atomic mass is 9.97. The van der Waals surface area contributed by atoms with Crippen molar-refractivity contribution < 1.29 is 9.18 Å². The van der Waals surface area contributed by atoms with Gasteiger partial charge >= 0.3 is 0 Å². The summed E-state index contributed by atoms with van der Waals surface area (Å²) >= 11 is 0. The van der Waals surface area contributed by atoms with Gasteiger partial charge in [0.05, 0.1) is 30.0 Å². The van der Waals surface area contributed by atoms with Crippen molar-refractivity contribution >= 4 is 17.3 Å². The molecule has 0 atom stereocenters. The number of allylic oxidation sites excluding steroid dienone is 1. The molecular formula is C25H22FN5O. The number of carbonyl (C=O) groups is 1. The summed E-state index contributed by atoms with van der Waals surface area (Å²) in [6, 6.07) is 11.9. The van der Waals surface area contributed by atoms with Crippen LogP contribution in [-0.4, -0.2) is 25.4 Å². The molecule has 4 rings (SSSR count). The van der Waals surface area contributed by atoms with E-state index in [-0.39, 0.29) is 11.1 Å². The Hall–Kier alpha value is -4.13. The van der Waals surface area contributed by atoms with Gasteiger partial charge in [0.15, 0.2) is 0 Å². The molecule has 0 aliphatic carbocycles. The molecule has 0 saturated heterocycles. The van der Waals surface area contributed by atoms with Gasteiger partial charge in [-0.2, -0.15) is 0 Å². The van der Waals surface area contributed by atoms with Crippen LogP contribution in [0.5, 0.6) is 0 Å². The van der Waals surface area contributed by atoms with Crippen LogP contribution in [0.25, 0.3) is 16.8 Å². The first-order chi connectivity index (χ1) is 15.5. The Bertz CT molecular complexity index is 1290. The lowest BCUT2D eigenvalue weighted by Gasteiger charge is -2.11. The fourth-order valence-corrected chi connectivity index (χ4v) is 3.50. The highest BCUT2D eigenvalue weighted by atomic mass is 19.1. The molecule has 6 nitrogen and oxygen atoms in total. The Kier molecular flexibility index (Phi) is 5.89.